The molecule has 0 amide bonds. The Hall–Kier alpha value is -1.32. The Morgan fingerprint density at radius 1 is 1.17 bits per heavy atom. The molecule has 2 aromatic rings. The SMILES string of the molecule is O=S(=O)(NC1CCN(c2nc3c(F)cc(F)cc3s2)CC1)C1CC1. The Morgan fingerprint density at radius 3 is 2.54 bits per heavy atom. The van der Waals surface area contributed by atoms with Crippen molar-refractivity contribution in [3.63, 3.8) is 0 Å². The minimum absolute atomic E-state index is 0.0598. The van der Waals surface area contributed by atoms with Crippen molar-refractivity contribution >= 4 is 36.7 Å². The number of rotatable bonds is 4. The second kappa shape index (κ2) is 5.89. The van der Waals surface area contributed by atoms with Crippen molar-refractivity contribution < 1.29 is 17.2 Å². The van der Waals surface area contributed by atoms with Crippen molar-refractivity contribution in [2.45, 2.75) is 37.0 Å². The largest absolute Gasteiger partial charge is 0.348 e. The second-order valence-electron chi connectivity index (χ2n) is 6.35. The van der Waals surface area contributed by atoms with Gasteiger partial charge in [0.25, 0.3) is 0 Å². The number of halogens is 2. The number of nitrogens with zero attached hydrogens (tertiary/aromatic N) is 2. The third kappa shape index (κ3) is 3.12. The Labute approximate surface area is 142 Å². The highest BCUT2D eigenvalue weighted by molar-refractivity contribution is 7.90. The summed E-state index contributed by atoms with van der Waals surface area (Å²) in [6, 6.07) is 2.07. The summed E-state index contributed by atoms with van der Waals surface area (Å²) in [5, 5.41) is 0.440. The van der Waals surface area contributed by atoms with Gasteiger partial charge in [0, 0.05) is 25.2 Å². The molecule has 1 saturated heterocycles. The van der Waals surface area contributed by atoms with E-state index in [4.69, 9.17) is 0 Å². The standard InChI is InChI=1S/C15H17F2N3O2S2/c16-9-7-12(17)14-13(8-9)23-15(18-14)20-5-3-10(4-6-20)19-24(21,22)11-1-2-11/h7-8,10-11,19H,1-6H2. The zero-order chi connectivity index (χ0) is 16.9. The van der Waals surface area contributed by atoms with Gasteiger partial charge in [0.05, 0.1) is 9.95 Å². The van der Waals surface area contributed by atoms with Crippen LogP contribution < -0.4 is 9.62 Å². The number of hydrogen-bond donors (Lipinski definition) is 1. The van der Waals surface area contributed by atoms with Crippen LogP contribution >= 0.6 is 11.3 Å². The lowest BCUT2D eigenvalue weighted by Gasteiger charge is -2.31. The molecule has 2 fully saturated rings. The van der Waals surface area contributed by atoms with Gasteiger partial charge >= 0.3 is 0 Å². The van der Waals surface area contributed by atoms with Gasteiger partial charge in [0.1, 0.15) is 11.3 Å². The maximum absolute atomic E-state index is 13.8. The normalized spacial score (nSPS) is 20.0. The molecule has 0 bridgehead atoms. The zero-order valence-electron chi connectivity index (χ0n) is 12.8. The first-order valence-electron chi connectivity index (χ1n) is 7.94. The van der Waals surface area contributed by atoms with Crippen LogP contribution in [0.15, 0.2) is 12.1 Å². The average molecular weight is 373 g/mol. The predicted molar refractivity (Wildman–Crippen MR) is 89.8 cm³/mol. The molecule has 5 nitrogen and oxygen atoms in total. The molecule has 2 aliphatic rings. The summed E-state index contributed by atoms with van der Waals surface area (Å²) in [4.78, 5) is 6.28. The second-order valence-corrected chi connectivity index (χ2v) is 9.36. The van der Waals surface area contributed by atoms with E-state index in [1.165, 1.54) is 17.4 Å². The van der Waals surface area contributed by atoms with E-state index in [-0.39, 0.29) is 16.8 Å². The lowest BCUT2D eigenvalue weighted by molar-refractivity contribution is 0.459. The third-order valence-corrected chi connectivity index (χ3v) is 7.54. The summed E-state index contributed by atoms with van der Waals surface area (Å²) in [5.41, 5.74) is 0.188. The molecule has 1 aromatic carbocycles. The van der Waals surface area contributed by atoms with Crippen LogP contribution in [0.3, 0.4) is 0 Å². The highest BCUT2D eigenvalue weighted by Gasteiger charge is 2.37. The molecule has 24 heavy (non-hydrogen) atoms. The zero-order valence-corrected chi connectivity index (χ0v) is 14.5. The summed E-state index contributed by atoms with van der Waals surface area (Å²) in [5.74, 6) is -1.26. The van der Waals surface area contributed by atoms with Crippen LogP contribution in [0.5, 0.6) is 0 Å². The van der Waals surface area contributed by atoms with Crippen LogP contribution in [0.2, 0.25) is 0 Å². The van der Waals surface area contributed by atoms with Crippen LogP contribution in [-0.4, -0.2) is 37.8 Å². The molecule has 9 heteroatoms. The molecule has 4 rings (SSSR count). The van der Waals surface area contributed by atoms with Gasteiger partial charge in [-0.3, -0.25) is 0 Å². The molecule has 1 N–H and O–H groups in total. The summed E-state index contributed by atoms with van der Waals surface area (Å²) < 4.78 is 54.3. The minimum atomic E-state index is -3.17. The van der Waals surface area contributed by atoms with E-state index >= 15 is 0 Å². The van der Waals surface area contributed by atoms with Gasteiger partial charge in [-0.2, -0.15) is 0 Å². The maximum atomic E-state index is 13.8. The molecular weight excluding hydrogens is 356 g/mol. The third-order valence-electron chi connectivity index (χ3n) is 4.46. The van der Waals surface area contributed by atoms with Gasteiger partial charge in [0.15, 0.2) is 10.9 Å². The van der Waals surface area contributed by atoms with Crippen molar-refractivity contribution in [3.8, 4) is 0 Å². The average Bonchev–Trinajstić information content (AvgIpc) is 3.29. The van der Waals surface area contributed by atoms with E-state index in [1.807, 2.05) is 4.90 Å². The molecule has 1 aromatic heterocycles. The van der Waals surface area contributed by atoms with E-state index in [9.17, 15) is 17.2 Å². The Kier molecular flexibility index (Phi) is 3.97. The fraction of sp³-hybridized carbons (Fsp3) is 0.533. The first-order valence-corrected chi connectivity index (χ1v) is 10.3. The van der Waals surface area contributed by atoms with Crippen LogP contribution in [0, 0.1) is 11.6 Å². The minimum Gasteiger partial charge on any atom is -0.348 e. The molecule has 0 spiro atoms. The van der Waals surface area contributed by atoms with Crippen molar-refractivity contribution in [1.82, 2.24) is 9.71 Å². The predicted octanol–water partition coefficient (Wildman–Crippen LogP) is 2.63. The highest BCUT2D eigenvalue weighted by atomic mass is 32.2. The maximum Gasteiger partial charge on any atom is 0.214 e. The lowest BCUT2D eigenvalue weighted by atomic mass is 10.1. The number of hydrogen-bond acceptors (Lipinski definition) is 5. The molecule has 1 saturated carbocycles. The number of nitrogens with one attached hydrogen (secondary N) is 1. The molecule has 0 radical (unpaired) electrons. The van der Waals surface area contributed by atoms with E-state index in [1.54, 1.807) is 0 Å². The van der Waals surface area contributed by atoms with Gasteiger partial charge in [0.2, 0.25) is 10.0 Å². The van der Waals surface area contributed by atoms with Crippen molar-refractivity contribution in [2.75, 3.05) is 18.0 Å². The van der Waals surface area contributed by atoms with Crippen LogP contribution in [0.1, 0.15) is 25.7 Å². The van der Waals surface area contributed by atoms with Gasteiger partial charge in [-0.15, -0.1) is 0 Å². The monoisotopic (exact) mass is 373 g/mol. The summed E-state index contributed by atoms with van der Waals surface area (Å²) >= 11 is 1.26. The first kappa shape index (κ1) is 16.2. The highest BCUT2D eigenvalue weighted by Crippen LogP contribution is 2.33. The number of thiazole rings is 1. The Morgan fingerprint density at radius 2 is 1.88 bits per heavy atom. The summed E-state index contributed by atoms with van der Waals surface area (Å²) in [6.07, 6.45) is 2.86. The van der Waals surface area contributed by atoms with Crippen molar-refractivity contribution in [3.05, 3.63) is 23.8 Å². The number of sulfonamides is 1. The number of benzene rings is 1. The van der Waals surface area contributed by atoms with Gasteiger partial charge in [-0.1, -0.05) is 11.3 Å². The topological polar surface area (TPSA) is 62.3 Å². The number of anilines is 1. The number of aromatic nitrogens is 1. The van der Waals surface area contributed by atoms with Crippen molar-refractivity contribution in [2.24, 2.45) is 0 Å². The first-order chi connectivity index (χ1) is 11.4. The van der Waals surface area contributed by atoms with E-state index in [0.29, 0.717) is 35.8 Å². The van der Waals surface area contributed by atoms with Gasteiger partial charge in [-0.25, -0.2) is 26.9 Å². The molecule has 0 atom stereocenters. The quantitative estimate of drug-likeness (QED) is 0.895. The number of fused-ring (bicyclic) bond motifs is 1. The van der Waals surface area contributed by atoms with Gasteiger partial charge < -0.3 is 4.90 Å². The molecule has 2 heterocycles. The van der Waals surface area contributed by atoms with Crippen LogP contribution in [-0.2, 0) is 10.0 Å². The molecular formula is C15H17F2N3O2S2. The van der Waals surface area contributed by atoms with Crippen molar-refractivity contribution in [1.29, 1.82) is 0 Å². The van der Waals surface area contributed by atoms with E-state index in [0.717, 1.165) is 18.9 Å². The summed E-state index contributed by atoms with van der Waals surface area (Å²) in [6.45, 7) is 1.28. The van der Waals surface area contributed by atoms with Crippen LogP contribution in [0.25, 0.3) is 10.2 Å². The van der Waals surface area contributed by atoms with Crippen LogP contribution in [0.4, 0.5) is 13.9 Å². The molecule has 1 aliphatic carbocycles. The van der Waals surface area contributed by atoms with E-state index in [2.05, 4.69) is 9.71 Å². The Bertz CT molecular complexity index is 872. The Balaban J connectivity index is 1.45. The molecule has 1 aliphatic heterocycles. The molecule has 0 unspecified atom stereocenters. The smallest absolute Gasteiger partial charge is 0.214 e. The number of piperidine rings is 1. The molecule has 130 valence electrons. The fourth-order valence-corrected chi connectivity index (χ4v) is 5.68. The summed E-state index contributed by atoms with van der Waals surface area (Å²) in [7, 11) is -3.17. The fourth-order valence-electron chi connectivity index (χ4n) is 2.98. The van der Waals surface area contributed by atoms with Gasteiger partial charge in [-0.05, 0) is 31.7 Å². The van der Waals surface area contributed by atoms with E-state index < -0.39 is 21.7 Å². The lowest BCUT2D eigenvalue weighted by Crippen LogP contribution is -2.45.